The van der Waals surface area contributed by atoms with E-state index in [0.717, 1.165) is 112 Å². The Hall–Kier alpha value is -5.20. The molecule has 4 bridgehead atoms. The van der Waals surface area contributed by atoms with E-state index in [2.05, 4.69) is 114 Å². The van der Waals surface area contributed by atoms with Gasteiger partial charge in [0.25, 0.3) is 0 Å². The third-order valence-corrected chi connectivity index (χ3v) is 40.3. The number of carbonyl (C=O) groups is 2. The molecule has 5 aliphatic heterocycles. The van der Waals surface area contributed by atoms with Crippen LogP contribution in [0.3, 0.4) is 0 Å². The van der Waals surface area contributed by atoms with Crippen molar-refractivity contribution in [3.63, 3.8) is 0 Å². The van der Waals surface area contributed by atoms with Crippen LogP contribution in [-0.2, 0) is 85.5 Å². The van der Waals surface area contributed by atoms with E-state index in [4.69, 9.17) is 42.6 Å². The van der Waals surface area contributed by atoms with Crippen molar-refractivity contribution in [3.8, 4) is 0 Å². The molecule has 23 atom stereocenters. The fraction of sp³-hybridized carbons (Fsp3) is 0.706. The highest BCUT2D eigenvalue weighted by atomic mass is 32.2. The van der Waals surface area contributed by atoms with Gasteiger partial charge in [-0.05, 0) is 232 Å². The first kappa shape index (κ1) is 91.5. The molecule has 1 unspecified atom stereocenters. The SMILES string of the molecule is CO[C@@H]1C[C@@]23COC[C@](C)([C@@H]2CC[C@H]2C3=CC[C@@]3(C)[C@H](C(=O)OCc4ccccc4)[C@@](C)([C@H](C)C(C)C)CC[C@]23C)[C@H]1O.CO[C@@H]1C[C@@]23COC[C@](C)([C@@H]2CC[C@H]2C3=CC[C@@]3(C)[C@H](C(=O)OCc4ccccc4)[C@@](C)([C@H](C)C(C)C)CC[C@]23C)[C@H]1OCC1(NS(=O)(=O)c2ccc(C)cc2)CCOCC1.Cc1ccc(S(=O)(=O)N2CC23CCOCC3)cc1. The second kappa shape index (κ2) is 34.0. The number of rotatable bonds is 20. The smallest absolute Gasteiger partial charge is 0.310 e. The largest absolute Gasteiger partial charge is 0.461 e. The molecule has 20 heteroatoms. The number of fused-ring (bicyclic) bond motifs is 6. The van der Waals surface area contributed by atoms with Crippen molar-refractivity contribution < 1.29 is 74.2 Å². The highest BCUT2D eigenvalue weighted by molar-refractivity contribution is 7.89. The zero-order chi connectivity index (χ0) is 87.4. The summed E-state index contributed by atoms with van der Waals surface area (Å²) in [5, 5.41) is 11.5. The van der Waals surface area contributed by atoms with E-state index in [1.54, 1.807) is 48.4 Å². The van der Waals surface area contributed by atoms with Crippen LogP contribution in [0.2, 0.25) is 0 Å². The van der Waals surface area contributed by atoms with Gasteiger partial charge < -0.3 is 47.7 Å². The molecule has 0 amide bonds. The highest BCUT2D eigenvalue weighted by Crippen LogP contribution is 2.78. The van der Waals surface area contributed by atoms with Gasteiger partial charge in [0.1, 0.15) is 13.2 Å². The maximum Gasteiger partial charge on any atom is 0.310 e. The summed E-state index contributed by atoms with van der Waals surface area (Å²) in [7, 11) is -3.57. The zero-order valence-electron chi connectivity index (χ0n) is 76.8. The summed E-state index contributed by atoms with van der Waals surface area (Å²) in [6.45, 7) is 43.3. The molecule has 0 aromatic heterocycles. The number of ether oxygens (including phenoxy) is 9. The van der Waals surface area contributed by atoms with Crippen LogP contribution in [0.4, 0.5) is 0 Å². The number of esters is 2. The summed E-state index contributed by atoms with van der Waals surface area (Å²) in [5.41, 5.74) is 4.12. The van der Waals surface area contributed by atoms with Crippen LogP contribution in [0.15, 0.2) is 142 Å². The molecule has 11 fully saturated rings. The minimum Gasteiger partial charge on any atom is -0.461 e. The van der Waals surface area contributed by atoms with Crippen LogP contribution in [0.25, 0.3) is 0 Å². The highest BCUT2D eigenvalue weighted by Gasteiger charge is 2.75. The van der Waals surface area contributed by atoms with E-state index in [1.807, 2.05) is 98.8 Å². The van der Waals surface area contributed by atoms with Crippen LogP contribution >= 0.6 is 0 Å². The van der Waals surface area contributed by atoms with Crippen molar-refractivity contribution in [2.24, 2.45) is 113 Å². The van der Waals surface area contributed by atoms with Crippen LogP contribution in [0, 0.1) is 127 Å². The number of nitrogens with one attached hydrogen (secondary N) is 1. The third-order valence-electron chi connectivity index (χ3n) is 36.8. The first-order valence-corrected chi connectivity index (χ1v) is 49.3. The number of allylic oxidation sites excluding steroid dienone is 2. The predicted octanol–water partition coefficient (Wildman–Crippen LogP) is 18.6. The number of hydrogen-bond acceptors (Lipinski definition) is 16. The molecule has 4 aromatic rings. The number of methoxy groups -OCH3 is 2. The lowest BCUT2D eigenvalue weighted by molar-refractivity contribution is -0.270. The number of nitrogens with zero attached hydrogens (tertiary/aromatic N) is 1. The number of carbonyl (C=O) groups excluding carboxylic acids is 2. The van der Waals surface area contributed by atoms with Gasteiger partial charge in [0.05, 0.1) is 90.2 Å². The Balaban J connectivity index is 0.000000163. The molecule has 2 N–H and O–H groups in total. The molecular weight excluding hydrogens is 1570 g/mol. The Morgan fingerprint density at radius 3 is 1.39 bits per heavy atom. The van der Waals surface area contributed by atoms with E-state index in [-0.39, 0.29) is 120 Å². The molecule has 8 aliphatic carbocycles. The zero-order valence-corrected chi connectivity index (χ0v) is 78.4. The number of sulfonamides is 2. The Kier molecular flexibility index (Phi) is 25.5. The molecule has 4 aromatic carbocycles. The van der Waals surface area contributed by atoms with Crippen molar-refractivity contribution >= 4 is 32.0 Å². The Labute approximate surface area is 731 Å². The molecule has 5 heterocycles. The molecular formula is C102H146N2O16S2. The van der Waals surface area contributed by atoms with Gasteiger partial charge in [-0.3, -0.25) is 9.59 Å². The lowest BCUT2D eigenvalue weighted by atomic mass is 9.34. The second-order valence-electron chi connectivity index (χ2n) is 43.3. The van der Waals surface area contributed by atoms with Gasteiger partial charge in [-0.25, -0.2) is 21.6 Å². The van der Waals surface area contributed by atoms with Crippen LogP contribution in [0.1, 0.15) is 222 Å². The Bertz CT molecular complexity index is 4700. The number of aryl methyl sites for hydroxylation is 2. The first-order valence-electron chi connectivity index (χ1n) is 46.4. The van der Waals surface area contributed by atoms with Crippen molar-refractivity contribution in [3.05, 3.63) is 155 Å². The van der Waals surface area contributed by atoms with Gasteiger partial charge >= 0.3 is 11.9 Å². The summed E-state index contributed by atoms with van der Waals surface area (Å²) in [4.78, 5) is 30.0. The van der Waals surface area contributed by atoms with Gasteiger partial charge in [-0.15, -0.1) is 0 Å². The fourth-order valence-corrected chi connectivity index (χ4v) is 31.7. The Morgan fingerprint density at radius 1 is 0.508 bits per heavy atom. The third kappa shape index (κ3) is 15.3. The molecule has 1 spiro atoms. The molecule has 17 rings (SSSR count). The maximum atomic E-state index is 14.9. The summed E-state index contributed by atoms with van der Waals surface area (Å²) in [5.74, 6) is 2.48. The van der Waals surface area contributed by atoms with E-state index >= 15 is 0 Å². The first-order chi connectivity index (χ1) is 57.7. The van der Waals surface area contributed by atoms with E-state index < -0.39 is 31.7 Å². The fourth-order valence-electron chi connectivity index (χ4n) is 28.4. The van der Waals surface area contributed by atoms with E-state index in [0.29, 0.717) is 131 Å². The normalized spacial score (nSPS) is 39.5. The second-order valence-corrected chi connectivity index (χ2v) is 46.9. The summed E-state index contributed by atoms with van der Waals surface area (Å²) >= 11 is 0. The Morgan fingerprint density at radius 2 is 0.934 bits per heavy atom. The van der Waals surface area contributed by atoms with E-state index in [1.165, 1.54) is 5.57 Å². The van der Waals surface area contributed by atoms with Gasteiger partial charge in [0.15, 0.2) is 0 Å². The van der Waals surface area contributed by atoms with Crippen molar-refractivity contribution in [2.45, 2.75) is 272 Å². The quantitative estimate of drug-likeness (QED) is 0.0477. The van der Waals surface area contributed by atoms with Crippen LogP contribution < -0.4 is 4.72 Å². The van der Waals surface area contributed by atoms with Crippen LogP contribution in [-0.4, -0.2) is 154 Å². The molecule has 5 saturated heterocycles. The molecule has 18 nitrogen and oxygen atoms in total. The van der Waals surface area contributed by atoms with Crippen molar-refractivity contribution in [2.75, 3.05) is 80.2 Å². The summed E-state index contributed by atoms with van der Waals surface area (Å²) < 4.78 is 114. The van der Waals surface area contributed by atoms with E-state index in [9.17, 15) is 31.5 Å². The van der Waals surface area contributed by atoms with Gasteiger partial charge in [0.2, 0.25) is 20.0 Å². The topological polar surface area (TPSA) is 221 Å². The average Bonchev–Trinajstić information content (AvgIpc) is 1.62. The number of aliphatic hydroxyl groups excluding tert-OH is 1. The number of benzene rings is 4. The summed E-state index contributed by atoms with van der Waals surface area (Å²) in [6, 6.07) is 34.2. The van der Waals surface area contributed by atoms with Crippen LogP contribution in [0.5, 0.6) is 0 Å². The van der Waals surface area contributed by atoms with Gasteiger partial charge in [0, 0.05) is 68.9 Å². The average molecular weight is 1720 g/mol. The van der Waals surface area contributed by atoms with Gasteiger partial charge in [-0.1, -0.05) is 216 Å². The number of aliphatic hydroxyl groups is 1. The molecule has 6 saturated carbocycles. The minimum atomic E-state index is -3.81. The standard InChI is InChI=1S/C51H73NO8S.C38H56O5.C13H17NO3S/c1-34(2)36(4)46(5)23-24-48(7)39-19-20-42-47(6)31-58-33-51(42,40(39)21-22-49(48,8)43(46)45(53)59-30-37-13-11-10-12-14-37)29-41(56-9)44(47)60-32-50(25-27-57-28-26-50)52-61(54,55)38-17-15-35(3)16-18-38;1-24(2)25(3)34(4)18-19-36(6)27-14-15-30-35(5)22-42-23-38(30,20-29(41-8)32(35)39)28(27)16-17-37(36,7)31(34)33(40)43-21-26-12-10-9-11-13-26;1-11-2-4-12(5-3-11)18(15,16)14-10-13(14)6-8-17-9-7-13/h10-18,21,34,36,39,41-44,52H,19-20,22-33H2,1-9H3;9-13,16,24-25,27,29-32,39H,14-15,17-23H2,1-8H3;2-5H,6-10H2,1H3/t36-,39+,41-,42+,43-,44+,46-,47-,48-,49+,51+;25-,27+,29-,30+,31-,32+,34-,35-,36-,37+,38+;/m11./s1. The van der Waals surface area contributed by atoms with Crippen molar-refractivity contribution in [1.29, 1.82) is 0 Å². The minimum absolute atomic E-state index is 0.0233. The van der Waals surface area contributed by atoms with Gasteiger partial charge in [-0.2, -0.15) is 4.31 Å². The van der Waals surface area contributed by atoms with Crippen molar-refractivity contribution in [1.82, 2.24) is 9.03 Å². The molecule has 0 radical (unpaired) electrons. The maximum absolute atomic E-state index is 14.9. The monoisotopic (exact) mass is 1720 g/mol. The summed E-state index contributed by atoms with van der Waals surface area (Å²) in [6.07, 6.45) is 18.3. The lowest BCUT2D eigenvalue weighted by Crippen LogP contribution is -2.70. The number of hydrogen-bond donors (Lipinski definition) is 2. The lowest BCUT2D eigenvalue weighted by Gasteiger charge is -2.71. The molecule has 13 aliphatic rings. The molecule has 122 heavy (non-hydrogen) atoms. The molecule has 672 valence electrons. The predicted molar refractivity (Wildman–Crippen MR) is 474 cm³/mol.